The molecule has 6 aromatic rings. The smallest absolute Gasteiger partial charge is 0.246 e. The molecule has 6 heterocycles. The molecule has 720 valence electrons. The largest absolute Gasteiger partial charge is 0.508 e. The van der Waals surface area contributed by atoms with Gasteiger partial charge in [-0.3, -0.25) is 86.9 Å². The first kappa shape index (κ1) is 103. The molecule has 22 N–H and O–H groups in total. The summed E-state index contributed by atoms with van der Waals surface area (Å²) in [7, 11) is 4.00. The van der Waals surface area contributed by atoms with Crippen LogP contribution in [0.2, 0.25) is 0 Å². The Bertz CT molecular complexity index is 5140. The third-order valence-electron chi connectivity index (χ3n) is 23.9. The highest BCUT2D eigenvalue weighted by atomic mass is 32.2. The predicted octanol–water partition coefficient (Wildman–Crippen LogP) is -1.26. The third kappa shape index (κ3) is 29.2. The number of H-pyrrole nitrogens is 3. The van der Waals surface area contributed by atoms with Crippen molar-refractivity contribution in [2.45, 2.75) is 229 Å². The Morgan fingerprint density at radius 1 is 0.534 bits per heavy atom. The van der Waals surface area contributed by atoms with Crippen molar-refractivity contribution < 1.29 is 86.6 Å². The van der Waals surface area contributed by atoms with E-state index in [1.807, 2.05) is 52.0 Å². The minimum absolute atomic E-state index is 0.00446. The van der Waals surface area contributed by atoms with Crippen LogP contribution in [0.3, 0.4) is 0 Å². The second-order valence-electron chi connectivity index (χ2n) is 34.3. The summed E-state index contributed by atoms with van der Waals surface area (Å²) in [5.41, 5.74) is 20.1. The molecule has 3 aliphatic heterocycles. The number of nitrogens with one attached hydrogen (secondary N) is 15. The number of benzene rings is 3. The second kappa shape index (κ2) is 49.6. The lowest BCUT2D eigenvalue weighted by Crippen LogP contribution is -2.60. The minimum atomic E-state index is -1.75. The van der Waals surface area contributed by atoms with Crippen molar-refractivity contribution in [1.29, 1.82) is 5.41 Å². The molecule has 13 atom stereocenters. The van der Waals surface area contributed by atoms with Gasteiger partial charge in [0.1, 0.15) is 84.3 Å². The van der Waals surface area contributed by atoms with E-state index in [4.69, 9.17) is 22.6 Å². The Morgan fingerprint density at radius 3 is 1.63 bits per heavy atom. The van der Waals surface area contributed by atoms with Gasteiger partial charge in [0.2, 0.25) is 100 Å². The fraction of sp³-hybridized carbons (Fsp3) is 0.522. The zero-order valence-corrected chi connectivity index (χ0v) is 77.0. The lowest BCUT2D eigenvalue weighted by atomic mass is 10.00. The zero-order chi connectivity index (χ0) is 96.9. The number of likely N-dealkylation sites (N-methyl/N-ethyl adjacent to an activating group) is 3. The first-order valence-electron chi connectivity index (χ1n) is 44.9. The number of guanidine groups is 1. The molecule has 42 nitrogen and oxygen atoms in total. The van der Waals surface area contributed by atoms with Gasteiger partial charge in [-0.15, -0.1) is 11.8 Å². The fourth-order valence-electron chi connectivity index (χ4n) is 16.6. The number of hydrogen-bond donors (Lipinski definition) is 19. The van der Waals surface area contributed by atoms with Crippen LogP contribution in [-0.2, 0) is 107 Å². The van der Waals surface area contributed by atoms with Gasteiger partial charge < -0.3 is 120 Å². The molecule has 3 aromatic carbocycles. The van der Waals surface area contributed by atoms with Gasteiger partial charge in [0.05, 0.1) is 31.6 Å². The Labute approximate surface area is 774 Å². The van der Waals surface area contributed by atoms with Crippen LogP contribution in [0.15, 0.2) is 97.7 Å². The maximum Gasteiger partial charge on any atom is 0.246 e. The highest BCUT2D eigenvalue weighted by molar-refractivity contribution is 8.00. The Kier molecular flexibility index (Phi) is 38.4. The number of carbonyl (C=O) groups excluding carboxylic acids is 17. The summed E-state index contributed by atoms with van der Waals surface area (Å²) in [5, 5.41) is 49.0. The number of unbranched alkanes of at least 4 members (excludes halogenated alkanes) is 2. The van der Waals surface area contributed by atoms with E-state index in [0.29, 0.717) is 76.3 Å². The lowest BCUT2D eigenvalue weighted by Gasteiger charge is -2.36. The topological polar surface area (TPSA) is 621 Å². The van der Waals surface area contributed by atoms with Crippen molar-refractivity contribution in [3.8, 4) is 5.75 Å². The number of amides is 17. The van der Waals surface area contributed by atoms with Gasteiger partial charge in [0, 0.05) is 118 Å². The molecular weight excluding hydrogens is 1740 g/mol. The third-order valence-corrected chi connectivity index (χ3v) is 25.0. The molecule has 0 aliphatic carbocycles. The van der Waals surface area contributed by atoms with E-state index in [0.717, 1.165) is 21.6 Å². The van der Waals surface area contributed by atoms with Crippen molar-refractivity contribution in [1.82, 2.24) is 103 Å². The first-order chi connectivity index (χ1) is 63.4. The summed E-state index contributed by atoms with van der Waals surface area (Å²) in [5.74, 6) is -16.6. The summed E-state index contributed by atoms with van der Waals surface area (Å²) in [6.07, 6.45) is 6.83. The van der Waals surface area contributed by atoms with Gasteiger partial charge in [-0.25, -0.2) is 4.98 Å². The summed E-state index contributed by atoms with van der Waals surface area (Å²) < 4.78 is 0. The van der Waals surface area contributed by atoms with Crippen LogP contribution >= 0.6 is 11.8 Å². The normalized spacial score (nSPS) is 23.8. The van der Waals surface area contributed by atoms with E-state index in [9.17, 15) is 53.1 Å². The highest BCUT2D eigenvalue weighted by Crippen LogP contribution is 2.28. The zero-order valence-electron chi connectivity index (χ0n) is 76.2. The van der Waals surface area contributed by atoms with E-state index in [2.05, 4.69) is 78.4 Å². The maximum absolute atomic E-state index is 15.6. The Hall–Kier alpha value is -13.6. The van der Waals surface area contributed by atoms with Crippen molar-refractivity contribution in [2.75, 3.05) is 65.4 Å². The van der Waals surface area contributed by atoms with Crippen LogP contribution in [0, 0.1) is 11.3 Å². The number of primary amides is 2. The number of nitrogens with zero attached hydrogens (tertiary/aromatic N) is 6. The van der Waals surface area contributed by atoms with Gasteiger partial charge in [0.25, 0.3) is 0 Å². The Morgan fingerprint density at radius 2 is 1.06 bits per heavy atom. The van der Waals surface area contributed by atoms with E-state index < -0.39 is 216 Å². The van der Waals surface area contributed by atoms with Crippen molar-refractivity contribution in [3.63, 3.8) is 0 Å². The monoisotopic (exact) mass is 1860 g/mol. The van der Waals surface area contributed by atoms with E-state index in [-0.39, 0.29) is 108 Å². The van der Waals surface area contributed by atoms with Gasteiger partial charge in [0.15, 0.2) is 5.96 Å². The quantitative estimate of drug-likeness (QED) is 0.0181. The number of phenols is 1. The number of aromatic amines is 3. The molecular formula is C90H126N24O18S. The second-order valence-corrected chi connectivity index (χ2v) is 35.3. The molecule has 3 fully saturated rings. The lowest BCUT2D eigenvalue weighted by molar-refractivity contribution is -0.149. The molecule has 3 saturated heterocycles. The number of phenolic OH excluding ortho intramolecular Hbond substituents is 1. The average Bonchev–Trinajstić information content (AvgIpc) is 1.75. The summed E-state index contributed by atoms with van der Waals surface area (Å²) in [4.78, 5) is 269. The molecule has 17 amide bonds. The summed E-state index contributed by atoms with van der Waals surface area (Å²) in [6, 6.07) is 1.23. The van der Waals surface area contributed by atoms with Crippen molar-refractivity contribution in [3.05, 3.63) is 120 Å². The van der Waals surface area contributed by atoms with Crippen LogP contribution < -0.4 is 75.7 Å². The summed E-state index contributed by atoms with van der Waals surface area (Å²) in [6.45, 7) is 7.09. The number of imidazole rings is 1. The standard InChI is InChI=1S/C90H126N24O18S/c1-9-11-25-69-82(125)104-61(24-17-33-96-90(93)94)80(123)109-68(79(122)99-45-74(92)117)47-133-48-76(119)103-65(37-52-29-31-56(115)32-30-52)85(128)110(6)51(5)77(120)107-67(41-73(91)116)88(131)114-35-19-28-71(114)84(127)106-63(40-55-44-95-49-101-55)81(124)108-64(36-50(3)4)87(130)113-34-18-27-70(113)83(126)105-62(38-53-42-97-59-22-15-13-20-57(53)59)78(121)100-46-75(118)102-66(39-54-43-98-60-23-16-14-21-58(54)60)86(129)112(8)72(26-12-10-2)89(132)111(69)7/h13-16,20-23,29-32,42-44,49-51,61-72,97-98,115H,9-12,17-19,24-28,33-41,45-48H2,1-8H3,(H2,91,116)(H2,92,117)(H,95,101)(H,99,122)(H,100,121)(H,102,118)(H,103,119)(H,104,125)(H,105,126)(H,106,127)(H,107,120)(H,108,124)(H,109,123)(H4,93,94,96)/t51-,61-,62-,63-,64-,65-,66-,67-,68?,69-,70-,71-,72-/m0/s1. The molecule has 0 bridgehead atoms. The molecule has 0 radical (unpaired) electrons. The molecule has 133 heavy (non-hydrogen) atoms. The van der Waals surface area contributed by atoms with Gasteiger partial charge in [-0.2, -0.15) is 0 Å². The molecule has 9 rings (SSSR count). The molecule has 3 aromatic heterocycles. The number of rotatable bonds is 25. The van der Waals surface area contributed by atoms with Crippen LogP contribution in [-0.4, -0.2) is 300 Å². The van der Waals surface area contributed by atoms with E-state index in [1.54, 1.807) is 36.7 Å². The number of thioether (sulfide) groups is 1. The molecule has 43 heteroatoms. The van der Waals surface area contributed by atoms with E-state index in [1.165, 1.54) is 79.6 Å². The molecule has 0 spiro atoms. The van der Waals surface area contributed by atoms with Gasteiger partial charge in [-0.1, -0.05) is 102 Å². The minimum Gasteiger partial charge on any atom is -0.508 e. The SMILES string of the molecule is CCCC[C@H]1C(=O)N(C)[C@@H](CCCC)C(=O)N[C@@H](CCCNC(=N)N)C(=O)NC(C(=O)NCC(N)=O)CSCC(=O)N[C@@H](Cc2ccc(O)cc2)C(=O)N(C)[C@@H](C)C(=O)N[C@@H](CC(N)=O)C(=O)N2CCC[C@H]2C(=O)N[C@@H](Cc2cnc[nH]2)C(=O)N[C@@H](CC(C)C)C(=O)N2CCC[C@H]2C(=O)N[C@@H](Cc2c[nH]c3ccccc23)C(=O)NCC(=O)N[C@@H](Cc2c[nH]c3ccccc23)C(=O)N1C. The first-order valence-corrected chi connectivity index (χ1v) is 46.1. The number of nitrogens with two attached hydrogens (primary N) is 3. The van der Waals surface area contributed by atoms with Crippen molar-refractivity contribution in [2.24, 2.45) is 23.1 Å². The number of hydrogen-bond acceptors (Lipinski definition) is 21. The summed E-state index contributed by atoms with van der Waals surface area (Å²) >= 11 is 0.775. The average molecular weight is 1860 g/mol. The van der Waals surface area contributed by atoms with Gasteiger partial charge >= 0.3 is 0 Å². The van der Waals surface area contributed by atoms with Gasteiger partial charge in [-0.05, 0) is 112 Å². The highest BCUT2D eigenvalue weighted by Gasteiger charge is 2.45. The number of para-hydroxylation sites is 2. The van der Waals surface area contributed by atoms with Crippen molar-refractivity contribution >= 4 is 140 Å². The molecule has 3 aliphatic rings. The number of aromatic nitrogens is 4. The number of fused-ring (bicyclic) bond motifs is 4. The van der Waals surface area contributed by atoms with Crippen LogP contribution in [0.5, 0.6) is 5.75 Å². The van der Waals surface area contributed by atoms with Crippen LogP contribution in [0.25, 0.3) is 21.8 Å². The van der Waals surface area contributed by atoms with Crippen LogP contribution in [0.1, 0.15) is 147 Å². The Balaban J connectivity index is 1.08. The predicted molar refractivity (Wildman–Crippen MR) is 492 cm³/mol. The fourth-order valence-corrected chi connectivity index (χ4v) is 17.4. The molecule has 0 saturated carbocycles. The maximum atomic E-state index is 15.6. The number of aromatic hydroxyl groups is 1. The van der Waals surface area contributed by atoms with E-state index >= 15 is 33.6 Å². The molecule has 1 unspecified atom stereocenters. The van der Waals surface area contributed by atoms with Crippen LogP contribution in [0.4, 0.5) is 0 Å². The number of carbonyl (C=O) groups is 17.